The number of ketones is 1. The van der Waals surface area contributed by atoms with Crippen LogP contribution < -0.4 is 20.7 Å². The molecular formula is C29H40N4O9. The van der Waals surface area contributed by atoms with E-state index in [0.29, 0.717) is 30.7 Å². The van der Waals surface area contributed by atoms with Crippen LogP contribution >= 0.6 is 0 Å². The van der Waals surface area contributed by atoms with E-state index < -0.39 is 54.7 Å². The number of carbonyl (C=O) groups is 5. The van der Waals surface area contributed by atoms with Crippen molar-refractivity contribution in [1.29, 1.82) is 0 Å². The lowest BCUT2D eigenvalue weighted by atomic mass is 9.95. The zero-order valence-corrected chi connectivity index (χ0v) is 24.6. The largest absolute Gasteiger partial charge is 0.510 e. The number of Topliss-reactive ketones (excluding diaryl/α,β-unsaturated/α-hetero) is 1. The molecule has 0 radical (unpaired) electrons. The van der Waals surface area contributed by atoms with Crippen molar-refractivity contribution in [3.05, 3.63) is 30.0 Å². The van der Waals surface area contributed by atoms with Crippen LogP contribution in [0, 0.1) is 11.8 Å². The summed E-state index contributed by atoms with van der Waals surface area (Å²) in [4.78, 5) is 66.7. The van der Waals surface area contributed by atoms with Gasteiger partial charge in [0, 0.05) is 23.4 Å². The third-order valence-corrected chi connectivity index (χ3v) is 6.79. The van der Waals surface area contributed by atoms with Crippen molar-refractivity contribution < 1.29 is 42.9 Å². The zero-order valence-electron chi connectivity index (χ0n) is 24.6. The summed E-state index contributed by atoms with van der Waals surface area (Å²) in [5.41, 5.74) is 0.946. The van der Waals surface area contributed by atoms with E-state index in [1.54, 1.807) is 25.1 Å². The van der Waals surface area contributed by atoms with E-state index in [-0.39, 0.29) is 30.5 Å². The smallest absolute Gasteiger partial charge is 0.496 e. The minimum atomic E-state index is -1.08. The number of nitrogens with one attached hydrogen (secondary N) is 4. The van der Waals surface area contributed by atoms with E-state index in [4.69, 9.17) is 18.9 Å². The molecule has 1 aromatic carbocycles. The van der Waals surface area contributed by atoms with Crippen molar-refractivity contribution in [2.45, 2.75) is 65.3 Å². The van der Waals surface area contributed by atoms with Crippen LogP contribution in [0.5, 0.6) is 5.75 Å². The molecule has 3 amide bonds. The van der Waals surface area contributed by atoms with Crippen molar-refractivity contribution >= 4 is 40.6 Å². The number of H-pyrrole nitrogens is 1. The molecule has 230 valence electrons. The molecule has 2 aromatic rings. The first-order valence-corrected chi connectivity index (χ1v) is 14.0. The number of fused-ring (bicyclic) bond motifs is 1. The van der Waals surface area contributed by atoms with Crippen molar-refractivity contribution in [3.63, 3.8) is 0 Å². The van der Waals surface area contributed by atoms with Crippen molar-refractivity contribution in [2.24, 2.45) is 11.8 Å². The number of benzene rings is 1. The summed E-state index contributed by atoms with van der Waals surface area (Å²) in [6, 6.07) is 4.99. The molecule has 1 fully saturated rings. The van der Waals surface area contributed by atoms with Gasteiger partial charge >= 0.3 is 6.16 Å². The van der Waals surface area contributed by atoms with Crippen LogP contribution in [0.2, 0.25) is 0 Å². The maximum absolute atomic E-state index is 13.5. The summed E-state index contributed by atoms with van der Waals surface area (Å²) < 4.78 is 20.3. The van der Waals surface area contributed by atoms with Crippen LogP contribution in [0.25, 0.3) is 10.9 Å². The molecule has 13 heteroatoms. The minimum absolute atomic E-state index is 0.0304. The molecule has 4 N–H and O–H groups in total. The van der Waals surface area contributed by atoms with Gasteiger partial charge in [-0.3, -0.25) is 19.2 Å². The molecule has 0 unspecified atom stereocenters. The SMILES string of the molecule is CCOC(=O)O[C@H](C)OCC(=O)[C@H](C[C@@H]1CCNC1=O)NC(=O)[C@H](CC(C)C)NC(=O)c1cc2c(OC)cccc2[nH]1. The fourth-order valence-corrected chi connectivity index (χ4v) is 4.69. The van der Waals surface area contributed by atoms with Gasteiger partial charge in [0.05, 0.1) is 19.8 Å². The number of amides is 3. The molecule has 4 atom stereocenters. The van der Waals surface area contributed by atoms with Gasteiger partial charge in [0.15, 0.2) is 5.78 Å². The number of methoxy groups -OCH3 is 1. The zero-order chi connectivity index (χ0) is 30.8. The monoisotopic (exact) mass is 588 g/mol. The molecule has 1 aliphatic heterocycles. The highest BCUT2D eigenvalue weighted by Crippen LogP contribution is 2.26. The molecule has 1 aliphatic rings. The molecule has 2 heterocycles. The average Bonchev–Trinajstić information content (AvgIpc) is 3.56. The lowest BCUT2D eigenvalue weighted by Crippen LogP contribution is -2.53. The van der Waals surface area contributed by atoms with E-state index in [1.165, 1.54) is 14.0 Å². The maximum atomic E-state index is 13.5. The van der Waals surface area contributed by atoms with Gasteiger partial charge < -0.3 is 39.9 Å². The summed E-state index contributed by atoms with van der Waals surface area (Å²) in [6.45, 7) is 6.96. The first-order chi connectivity index (χ1) is 20.0. The second-order valence-corrected chi connectivity index (χ2v) is 10.5. The Kier molecular flexibility index (Phi) is 11.7. The highest BCUT2D eigenvalue weighted by molar-refractivity contribution is 6.02. The highest BCUT2D eigenvalue weighted by Gasteiger charge is 2.34. The van der Waals surface area contributed by atoms with Crippen LogP contribution in [0.1, 0.15) is 57.4 Å². The first-order valence-electron chi connectivity index (χ1n) is 14.0. The van der Waals surface area contributed by atoms with Crippen molar-refractivity contribution in [3.8, 4) is 5.75 Å². The summed E-state index contributed by atoms with van der Waals surface area (Å²) in [7, 11) is 1.54. The van der Waals surface area contributed by atoms with Gasteiger partial charge in [-0.05, 0) is 57.2 Å². The predicted octanol–water partition coefficient (Wildman–Crippen LogP) is 2.44. The Morgan fingerprint density at radius 1 is 1.10 bits per heavy atom. The van der Waals surface area contributed by atoms with Gasteiger partial charge in [-0.15, -0.1) is 0 Å². The van der Waals surface area contributed by atoms with Gasteiger partial charge in [0.25, 0.3) is 5.91 Å². The Labute approximate surface area is 244 Å². The Morgan fingerprint density at radius 2 is 1.86 bits per heavy atom. The molecule has 0 aliphatic carbocycles. The van der Waals surface area contributed by atoms with Gasteiger partial charge in [-0.1, -0.05) is 19.9 Å². The molecule has 0 spiro atoms. The molecule has 42 heavy (non-hydrogen) atoms. The quantitative estimate of drug-likeness (QED) is 0.180. The molecule has 0 saturated carbocycles. The van der Waals surface area contributed by atoms with Crippen LogP contribution in [0.4, 0.5) is 4.79 Å². The van der Waals surface area contributed by atoms with Crippen molar-refractivity contribution in [1.82, 2.24) is 20.9 Å². The van der Waals surface area contributed by atoms with E-state index in [9.17, 15) is 24.0 Å². The van der Waals surface area contributed by atoms with Gasteiger partial charge in [-0.25, -0.2) is 4.79 Å². The number of carbonyl (C=O) groups excluding carboxylic acids is 5. The Bertz CT molecular complexity index is 1280. The highest BCUT2D eigenvalue weighted by atomic mass is 16.8. The minimum Gasteiger partial charge on any atom is -0.496 e. The molecular weight excluding hydrogens is 548 g/mol. The first kappa shape index (κ1) is 32.4. The maximum Gasteiger partial charge on any atom is 0.510 e. The Balaban J connectivity index is 1.73. The summed E-state index contributed by atoms with van der Waals surface area (Å²) in [5, 5.41) is 8.95. The number of aromatic amines is 1. The molecule has 1 saturated heterocycles. The number of hydrogen-bond acceptors (Lipinski definition) is 9. The van der Waals surface area contributed by atoms with Gasteiger partial charge in [0.2, 0.25) is 18.1 Å². The number of rotatable bonds is 15. The van der Waals surface area contributed by atoms with Crippen LogP contribution in [-0.4, -0.2) is 79.9 Å². The second kappa shape index (κ2) is 15.2. The van der Waals surface area contributed by atoms with Crippen LogP contribution in [-0.2, 0) is 28.6 Å². The fourth-order valence-electron chi connectivity index (χ4n) is 4.69. The van der Waals surface area contributed by atoms with Crippen LogP contribution in [0.3, 0.4) is 0 Å². The molecule has 0 bridgehead atoms. The van der Waals surface area contributed by atoms with E-state index in [0.717, 1.165) is 5.39 Å². The number of hydrogen-bond donors (Lipinski definition) is 4. The Morgan fingerprint density at radius 3 is 2.50 bits per heavy atom. The van der Waals surface area contributed by atoms with Crippen molar-refractivity contribution in [2.75, 3.05) is 26.9 Å². The third-order valence-electron chi connectivity index (χ3n) is 6.79. The molecule has 1 aromatic heterocycles. The molecule has 3 rings (SSSR count). The fraction of sp³-hybridized carbons (Fsp3) is 0.552. The lowest BCUT2D eigenvalue weighted by molar-refractivity contribution is -0.144. The molecule has 13 nitrogen and oxygen atoms in total. The summed E-state index contributed by atoms with van der Waals surface area (Å²) >= 11 is 0. The topological polar surface area (TPSA) is 174 Å². The summed E-state index contributed by atoms with van der Waals surface area (Å²) in [6.07, 6.45) is -1.16. The van der Waals surface area contributed by atoms with Gasteiger partial charge in [0.1, 0.15) is 24.1 Å². The normalized spacial score (nSPS) is 16.8. The second-order valence-electron chi connectivity index (χ2n) is 10.5. The van der Waals surface area contributed by atoms with E-state index >= 15 is 0 Å². The lowest BCUT2D eigenvalue weighted by Gasteiger charge is -2.25. The average molecular weight is 589 g/mol. The summed E-state index contributed by atoms with van der Waals surface area (Å²) in [5.74, 6) is -1.64. The Hall–Kier alpha value is -4.13. The number of aromatic nitrogens is 1. The van der Waals surface area contributed by atoms with Crippen LogP contribution in [0.15, 0.2) is 24.3 Å². The van der Waals surface area contributed by atoms with E-state index in [2.05, 4.69) is 20.9 Å². The third kappa shape index (κ3) is 8.93. The van der Waals surface area contributed by atoms with Gasteiger partial charge in [-0.2, -0.15) is 0 Å². The van der Waals surface area contributed by atoms with E-state index in [1.807, 2.05) is 19.9 Å². The standard InChI is InChI=1S/C29H40N4O9/c1-6-40-29(38)42-17(4)41-15-24(34)21(13-18-10-11-30-26(18)35)32-27(36)22(12-16(2)3)33-28(37)23-14-19-20(31-23)8-7-9-25(19)39-5/h7-9,14,16-18,21-22,31H,6,10-13,15H2,1-5H3,(H,30,35)(H,32,36)(H,33,37)/t17-,18+,21+,22+/m1/s1. The predicted molar refractivity (Wildman–Crippen MR) is 152 cm³/mol. The number of ether oxygens (including phenoxy) is 4.